The summed E-state index contributed by atoms with van der Waals surface area (Å²) in [6.07, 6.45) is 0. The largest absolute Gasteiger partial charge is 0.328 e. The smallest absolute Gasteiger partial charge is 0.255 e. The van der Waals surface area contributed by atoms with Crippen molar-refractivity contribution in [3.05, 3.63) is 107 Å². The van der Waals surface area contributed by atoms with E-state index in [1.54, 1.807) is 49.4 Å². The van der Waals surface area contributed by atoms with Gasteiger partial charge in [-0.15, -0.1) is 5.10 Å². The van der Waals surface area contributed by atoms with Crippen molar-refractivity contribution < 1.29 is 13.6 Å². The lowest BCUT2D eigenvalue weighted by Crippen LogP contribution is -2.32. The number of aromatic nitrogens is 3. The molecule has 1 atom stereocenters. The minimum Gasteiger partial charge on any atom is -0.328 e. The molecule has 1 amide bonds. The van der Waals surface area contributed by atoms with Crippen molar-refractivity contribution in [1.29, 1.82) is 0 Å². The molecule has 1 aromatic heterocycles. The van der Waals surface area contributed by atoms with E-state index >= 15 is 0 Å². The number of anilines is 2. The van der Waals surface area contributed by atoms with Gasteiger partial charge >= 0.3 is 0 Å². The summed E-state index contributed by atoms with van der Waals surface area (Å²) in [6.45, 7) is 1.74. The third kappa shape index (κ3) is 3.87. The van der Waals surface area contributed by atoms with Gasteiger partial charge in [0.2, 0.25) is 5.95 Å². The van der Waals surface area contributed by atoms with E-state index in [1.165, 1.54) is 22.9 Å². The van der Waals surface area contributed by atoms with Gasteiger partial charge in [-0.3, -0.25) is 4.79 Å². The van der Waals surface area contributed by atoms with Gasteiger partial charge in [-0.25, -0.2) is 13.5 Å². The molecular weight excluding hydrogens is 424 g/mol. The molecule has 0 radical (unpaired) electrons. The summed E-state index contributed by atoms with van der Waals surface area (Å²) in [5, 5.41) is 10.5. The zero-order valence-corrected chi connectivity index (χ0v) is 17.6. The molecule has 0 fully saturated rings. The van der Waals surface area contributed by atoms with E-state index in [1.807, 2.05) is 18.2 Å². The third-order valence-corrected chi connectivity index (χ3v) is 5.43. The number of rotatable bonds is 4. The van der Waals surface area contributed by atoms with Crippen LogP contribution in [-0.2, 0) is 4.79 Å². The monoisotopic (exact) mass is 443 g/mol. The van der Waals surface area contributed by atoms with Gasteiger partial charge in [-0.05, 0) is 49.4 Å². The molecule has 3 aromatic carbocycles. The zero-order valence-electron chi connectivity index (χ0n) is 17.6. The Morgan fingerprint density at radius 3 is 2.39 bits per heavy atom. The molecule has 164 valence electrons. The maximum Gasteiger partial charge on any atom is 0.255 e. The van der Waals surface area contributed by atoms with E-state index < -0.39 is 11.9 Å². The summed E-state index contributed by atoms with van der Waals surface area (Å²) in [7, 11) is 0. The SMILES string of the molecule is CC1=C(C(=O)Nc2ccccc2)C(c2ccccc2F)n2nc(-c3ccc(F)cc3)nc2N1. The minimum absolute atomic E-state index is 0.286. The van der Waals surface area contributed by atoms with Gasteiger partial charge in [-0.1, -0.05) is 36.4 Å². The number of allylic oxidation sites excluding steroid dienone is 1. The van der Waals surface area contributed by atoms with E-state index in [-0.39, 0.29) is 17.3 Å². The molecule has 0 saturated heterocycles. The average Bonchev–Trinajstić information content (AvgIpc) is 3.23. The lowest BCUT2D eigenvalue weighted by Gasteiger charge is -2.28. The number of para-hydroxylation sites is 1. The van der Waals surface area contributed by atoms with E-state index in [0.717, 1.165) is 0 Å². The third-order valence-electron chi connectivity index (χ3n) is 5.43. The van der Waals surface area contributed by atoms with Crippen LogP contribution in [0.15, 0.2) is 90.1 Å². The fourth-order valence-corrected chi connectivity index (χ4v) is 3.87. The minimum atomic E-state index is -0.854. The van der Waals surface area contributed by atoms with Gasteiger partial charge in [0.15, 0.2) is 5.82 Å². The Hall–Kier alpha value is -4.33. The van der Waals surface area contributed by atoms with Crippen LogP contribution >= 0.6 is 0 Å². The van der Waals surface area contributed by atoms with Crippen molar-refractivity contribution in [3.63, 3.8) is 0 Å². The number of hydrogen-bond acceptors (Lipinski definition) is 4. The number of halogens is 2. The van der Waals surface area contributed by atoms with Gasteiger partial charge in [0.05, 0.1) is 5.57 Å². The fourth-order valence-electron chi connectivity index (χ4n) is 3.87. The number of carbonyl (C=O) groups is 1. The Bertz CT molecular complexity index is 1360. The normalized spacial score (nSPS) is 15.1. The van der Waals surface area contributed by atoms with Crippen LogP contribution in [0.1, 0.15) is 18.5 Å². The van der Waals surface area contributed by atoms with Crippen LogP contribution in [-0.4, -0.2) is 20.7 Å². The Morgan fingerprint density at radius 2 is 1.67 bits per heavy atom. The fraction of sp³-hybridized carbons (Fsp3) is 0.0800. The molecule has 8 heteroatoms. The molecule has 6 nitrogen and oxygen atoms in total. The number of nitrogens with one attached hydrogen (secondary N) is 2. The Kier molecular flexibility index (Phi) is 5.18. The first-order valence-corrected chi connectivity index (χ1v) is 10.3. The summed E-state index contributed by atoms with van der Waals surface area (Å²) < 4.78 is 29.8. The number of amides is 1. The van der Waals surface area contributed by atoms with Crippen molar-refractivity contribution in [2.45, 2.75) is 13.0 Å². The molecular formula is C25H19F2N5O. The van der Waals surface area contributed by atoms with Crippen molar-refractivity contribution in [2.75, 3.05) is 10.6 Å². The van der Waals surface area contributed by atoms with Gasteiger partial charge in [-0.2, -0.15) is 4.98 Å². The summed E-state index contributed by atoms with van der Waals surface area (Å²) in [5.41, 5.74) is 2.34. The highest BCUT2D eigenvalue weighted by Crippen LogP contribution is 2.37. The van der Waals surface area contributed by atoms with Gasteiger partial charge in [0.1, 0.15) is 17.7 Å². The highest BCUT2D eigenvalue weighted by molar-refractivity contribution is 6.06. The molecule has 2 N–H and O–H groups in total. The van der Waals surface area contributed by atoms with Gasteiger partial charge < -0.3 is 10.6 Å². The molecule has 0 aliphatic carbocycles. The quantitative estimate of drug-likeness (QED) is 0.458. The van der Waals surface area contributed by atoms with E-state index in [0.29, 0.717) is 34.3 Å². The Morgan fingerprint density at radius 1 is 0.970 bits per heavy atom. The predicted molar refractivity (Wildman–Crippen MR) is 121 cm³/mol. The maximum absolute atomic E-state index is 15.0. The van der Waals surface area contributed by atoms with Crippen LogP contribution in [0.2, 0.25) is 0 Å². The van der Waals surface area contributed by atoms with Gasteiger partial charge in [0.25, 0.3) is 5.91 Å². The molecule has 0 bridgehead atoms. The maximum atomic E-state index is 15.0. The second kappa shape index (κ2) is 8.31. The average molecular weight is 443 g/mol. The van der Waals surface area contributed by atoms with Crippen LogP contribution in [0.25, 0.3) is 11.4 Å². The van der Waals surface area contributed by atoms with Crippen LogP contribution in [0.5, 0.6) is 0 Å². The lowest BCUT2D eigenvalue weighted by atomic mass is 9.94. The van der Waals surface area contributed by atoms with E-state index in [2.05, 4.69) is 20.7 Å². The molecule has 1 aliphatic heterocycles. The molecule has 33 heavy (non-hydrogen) atoms. The molecule has 1 aliphatic rings. The Labute approximate surface area is 188 Å². The molecule has 0 spiro atoms. The van der Waals surface area contributed by atoms with Crippen LogP contribution < -0.4 is 10.6 Å². The standard InChI is InChI=1S/C25H19F2N5O/c1-15-21(24(33)29-18-7-3-2-4-8-18)22(19-9-5-6-10-20(19)27)32-25(28-15)30-23(31-32)16-11-13-17(26)14-12-16/h2-14,22H,1H3,(H,29,33)(H,28,30,31). The first-order valence-electron chi connectivity index (χ1n) is 10.3. The van der Waals surface area contributed by atoms with Crippen molar-refractivity contribution >= 4 is 17.5 Å². The molecule has 0 saturated carbocycles. The van der Waals surface area contributed by atoms with Crippen molar-refractivity contribution in [3.8, 4) is 11.4 Å². The highest BCUT2D eigenvalue weighted by Gasteiger charge is 2.35. The second-order valence-corrected chi connectivity index (χ2v) is 7.62. The zero-order chi connectivity index (χ0) is 22.9. The first kappa shape index (κ1) is 20.6. The lowest BCUT2D eigenvalue weighted by molar-refractivity contribution is -0.113. The number of benzene rings is 3. The summed E-state index contributed by atoms with van der Waals surface area (Å²) in [4.78, 5) is 17.9. The summed E-state index contributed by atoms with van der Waals surface area (Å²) in [5.74, 6) is -0.536. The topological polar surface area (TPSA) is 71.8 Å². The summed E-state index contributed by atoms with van der Waals surface area (Å²) in [6, 6.07) is 20.2. The summed E-state index contributed by atoms with van der Waals surface area (Å²) >= 11 is 0. The van der Waals surface area contributed by atoms with E-state index in [4.69, 9.17) is 0 Å². The van der Waals surface area contributed by atoms with Crippen LogP contribution in [0, 0.1) is 11.6 Å². The number of hydrogen-bond donors (Lipinski definition) is 2. The molecule has 5 rings (SSSR count). The van der Waals surface area contributed by atoms with Crippen LogP contribution in [0.3, 0.4) is 0 Å². The van der Waals surface area contributed by atoms with Crippen LogP contribution in [0.4, 0.5) is 20.4 Å². The molecule has 1 unspecified atom stereocenters. The van der Waals surface area contributed by atoms with E-state index in [9.17, 15) is 13.6 Å². The molecule has 2 heterocycles. The predicted octanol–water partition coefficient (Wildman–Crippen LogP) is 5.15. The van der Waals surface area contributed by atoms with Crippen molar-refractivity contribution in [2.24, 2.45) is 0 Å². The Balaban J connectivity index is 1.62. The second-order valence-electron chi connectivity index (χ2n) is 7.62. The molecule has 4 aromatic rings. The van der Waals surface area contributed by atoms with Gasteiger partial charge in [0, 0.05) is 22.5 Å². The number of carbonyl (C=O) groups excluding carboxylic acids is 1. The number of nitrogens with zero attached hydrogens (tertiary/aromatic N) is 3. The van der Waals surface area contributed by atoms with Crippen molar-refractivity contribution in [1.82, 2.24) is 14.8 Å². The highest BCUT2D eigenvalue weighted by atomic mass is 19.1. The number of fused-ring (bicyclic) bond motifs is 1. The first-order chi connectivity index (χ1) is 16.0.